The monoisotopic (exact) mass is 241 g/mol. The van der Waals surface area contributed by atoms with Gasteiger partial charge in [-0.3, -0.25) is 0 Å². The van der Waals surface area contributed by atoms with Gasteiger partial charge in [0.05, 0.1) is 7.11 Å². The number of carboxylic acids is 1. The zero-order valence-electron chi connectivity index (χ0n) is 9.51. The highest BCUT2D eigenvalue weighted by Crippen LogP contribution is 2.23. The number of hydrogen-bond donors (Lipinski definition) is 2. The van der Waals surface area contributed by atoms with Crippen molar-refractivity contribution in [2.24, 2.45) is 5.92 Å². The average Bonchev–Trinajstić information content (AvgIpc) is 2.35. The highest BCUT2D eigenvalue weighted by Gasteiger charge is 2.34. The molecule has 0 aromatic rings. The number of rotatable bonds is 3. The third-order valence-electron chi connectivity index (χ3n) is 2.71. The van der Waals surface area contributed by atoms with Crippen LogP contribution in [0.2, 0.25) is 0 Å². The van der Waals surface area contributed by atoms with Crippen molar-refractivity contribution in [3.63, 3.8) is 0 Å². The Morgan fingerprint density at radius 2 is 2.35 bits per heavy atom. The Morgan fingerprint density at radius 1 is 1.65 bits per heavy atom. The lowest BCUT2D eigenvalue weighted by atomic mass is 9.88. The molecule has 0 bridgehead atoms. The smallest absolute Gasteiger partial charge is 0.407 e. The van der Waals surface area contributed by atoms with Gasteiger partial charge in [-0.1, -0.05) is 5.92 Å². The maximum absolute atomic E-state index is 11.1. The summed E-state index contributed by atoms with van der Waals surface area (Å²) in [7, 11) is 1.18. The Kier molecular flexibility index (Phi) is 4.79. The summed E-state index contributed by atoms with van der Waals surface area (Å²) in [5, 5.41) is 11.4. The van der Waals surface area contributed by atoms with Crippen LogP contribution in [0.1, 0.15) is 12.8 Å². The molecule has 0 aliphatic carbocycles. The molecule has 1 heterocycles. The van der Waals surface area contributed by atoms with E-state index in [0.717, 1.165) is 0 Å². The molecule has 0 radical (unpaired) electrons. The van der Waals surface area contributed by atoms with Gasteiger partial charge in [-0.25, -0.2) is 9.59 Å². The third kappa shape index (κ3) is 3.64. The summed E-state index contributed by atoms with van der Waals surface area (Å²) in [5.41, 5.74) is 0. The summed E-state index contributed by atoms with van der Waals surface area (Å²) in [6.07, 6.45) is 5.03. The largest absolute Gasteiger partial charge is 0.480 e. The van der Waals surface area contributed by atoms with Gasteiger partial charge in [0.25, 0.3) is 0 Å². The van der Waals surface area contributed by atoms with Gasteiger partial charge in [0.1, 0.15) is 12.1 Å². The molecule has 1 aliphatic heterocycles. The van der Waals surface area contributed by atoms with E-state index in [1.807, 2.05) is 0 Å². The number of carboxylic acid groups (broad SMARTS) is 1. The van der Waals surface area contributed by atoms with E-state index >= 15 is 0 Å². The molecule has 6 heteroatoms. The number of methoxy groups -OCH3 is 1. The predicted octanol–water partition coefficient (Wildman–Crippen LogP) is 0.224. The van der Waals surface area contributed by atoms with Crippen molar-refractivity contribution >= 4 is 12.1 Å². The van der Waals surface area contributed by atoms with Gasteiger partial charge in [-0.15, -0.1) is 6.42 Å². The van der Waals surface area contributed by atoms with Gasteiger partial charge in [0.2, 0.25) is 0 Å². The third-order valence-corrected chi connectivity index (χ3v) is 2.71. The molecule has 17 heavy (non-hydrogen) atoms. The van der Waals surface area contributed by atoms with Crippen LogP contribution in [0.4, 0.5) is 4.79 Å². The molecule has 1 aliphatic rings. The number of nitrogens with one attached hydrogen (secondary N) is 1. The second-order valence-corrected chi connectivity index (χ2v) is 3.76. The van der Waals surface area contributed by atoms with Crippen LogP contribution in [0.5, 0.6) is 0 Å². The van der Waals surface area contributed by atoms with Crippen LogP contribution < -0.4 is 5.32 Å². The van der Waals surface area contributed by atoms with Crippen molar-refractivity contribution < 1.29 is 24.2 Å². The molecule has 0 aromatic carbocycles. The average molecular weight is 241 g/mol. The molecule has 1 saturated heterocycles. The molecule has 0 saturated carbocycles. The van der Waals surface area contributed by atoms with Gasteiger partial charge in [-0.05, 0) is 18.8 Å². The number of ether oxygens (including phenoxy) is 2. The number of hydrogen-bond acceptors (Lipinski definition) is 4. The van der Waals surface area contributed by atoms with E-state index in [0.29, 0.717) is 19.4 Å². The van der Waals surface area contributed by atoms with Crippen LogP contribution in [-0.2, 0) is 14.3 Å². The first-order valence-electron chi connectivity index (χ1n) is 5.23. The Bertz CT molecular complexity index is 335. The van der Waals surface area contributed by atoms with E-state index in [1.165, 1.54) is 7.11 Å². The SMILES string of the molecule is C#C[C@H]1CC(C(NC(=O)OC)C(=O)O)CCO1. The Balaban J connectivity index is 2.67. The molecule has 1 rings (SSSR count). The molecular formula is C11H15NO5. The quantitative estimate of drug-likeness (QED) is 0.691. The van der Waals surface area contributed by atoms with E-state index in [2.05, 4.69) is 16.0 Å². The minimum absolute atomic E-state index is 0.249. The second-order valence-electron chi connectivity index (χ2n) is 3.76. The van der Waals surface area contributed by atoms with Crippen LogP contribution >= 0.6 is 0 Å². The summed E-state index contributed by atoms with van der Waals surface area (Å²) in [5.74, 6) is 1.09. The molecule has 2 N–H and O–H groups in total. The number of terminal acetylenes is 1. The van der Waals surface area contributed by atoms with Crippen molar-refractivity contribution in [2.45, 2.75) is 25.0 Å². The second kappa shape index (κ2) is 6.11. The minimum atomic E-state index is -1.10. The van der Waals surface area contributed by atoms with E-state index in [9.17, 15) is 9.59 Å². The van der Waals surface area contributed by atoms with E-state index in [1.54, 1.807) is 0 Å². The first kappa shape index (κ1) is 13.3. The minimum Gasteiger partial charge on any atom is -0.480 e. The number of carbonyl (C=O) groups excluding carboxylic acids is 1. The molecule has 1 fully saturated rings. The van der Waals surface area contributed by atoms with Crippen LogP contribution in [-0.4, -0.2) is 43.0 Å². The zero-order chi connectivity index (χ0) is 12.8. The zero-order valence-corrected chi connectivity index (χ0v) is 9.51. The fourth-order valence-electron chi connectivity index (χ4n) is 1.81. The summed E-state index contributed by atoms with van der Waals surface area (Å²) >= 11 is 0. The molecule has 1 amide bonds. The van der Waals surface area contributed by atoms with Crippen LogP contribution in [0, 0.1) is 18.3 Å². The standard InChI is InChI=1S/C11H15NO5/c1-3-8-6-7(4-5-17-8)9(10(13)14)12-11(15)16-2/h1,7-9H,4-6H2,2H3,(H,12,15)(H,13,14)/t7?,8-,9?/m0/s1. The molecule has 0 aromatic heterocycles. The lowest BCUT2D eigenvalue weighted by molar-refractivity contribution is -0.142. The normalized spacial score (nSPS) is 25.4. The Hall–Kier alpha value is -1.74. The van der Waals surface area contributed by atoms with Crippen LogP contribution in [0.15, 0.2) is 0 Å². The highest BCUT2D eigenvalue weighted by atomic mass is 16.5. The van der Waals surface area contributed by atoms with Crippen LogP contribution in [0.3, 0.4) is 0 Å². The first-order chi connectivity index (χ1) is 8.08. The first-order valence-corrected chi connectivity index (χ1v) is 5.23. The molecule has 6 nitrogen and oxygen atoms in total. The molecule has 3 atom stereocenters. The number of amides is 1. The van der Waals surface area contributed by atoms with Gasteiger partial charge < -0.3 is 19.9 Å². The molecule has 0 spiro atoms. The number of aliphatic carboxylic acids is 1. The lowest BCUT2D eigenvalue weighted by Crippen LogP contribution is -2.48. The summed E-state index contributed by atoms with van der Waals surface area (Å²) < 4.78 is 9.64. The maximum Gasteiger partial charge on any atom is 0.407 e. The fraction of sp³-hybridized carbons (Fsp3) is 0.636. The van der Waals surface area contributed by atoms with Crippen molar-refractivity contribution in [1.82, 2.24) is 5.32 Å². The van der Waals surface area contributed by atoms with Crippen molar-refractivity contribution in [2.75, 3.05) is 13.7 Å². The molecule has 2 unspecified atom stereocenters. The molecule has 94 valence electrons. The summed E-state index contributed by atoms with van der Waals surface area (Å²) in [4.78, 5) is 22.1. The molecular weight excluding hydrogens is 226 g/mol. The Morgan fingerprint density at radius 3 is 2.88 bits per heavy atom. The van der Waals surface area contributed by atoms with Crippen molar-refractivity contribution in [3.05, 3.63) is 0 Å². The van der Waals surface area contributed by atoms with Gasteiger partial charge in [0.15, 0.2) is 0 Å². The summed E-state index contributed by atoms with van der Waals surface area (Å²) in [6.45, 7) is 0.395. The van der Waals surface area contributed by atoms with E-state index in [-0.39, 0.29) is 5.92 Å². The van der Waals surface area contributed by atoms with Gasteiger partial charge in [0, 0.05) is 6.61 Å². The Labute approximate surface area is 99.3 Å². The highest BCUT2D eigenvalue weighted by molar-refractivity contribution is 5.80. The topological polar surface area (TPSA) is 84.9 Å². The number of carbonyl (C=O) groups is 2. The predicted molar refractivity (Wildman–Crippen MR) is 58.3 cm³/mol. The van der Waals surface area contributed by atoms with Gasteiger partial charge in [-0.2, -0.15) is 0 Å². The maximum atomic E-state index is 11.1. The van der Waals surface area contributed by atoms with Gasteiger partial charge >= 0.3 is 12.1 Å². The van der Waals surface area contributed by atoms with Crippen LogP contribution in [0.25, 0.3) is 0 Å². The van der Waals surface area contributed by atoms with Crippen molar-refractivity contribution in [3.8, 4) is 12.3 Å². The summed E-state index contributed by atoms with van der Waals surface area (Å²) in [6, 6.07) is -0.998. The number of alkyl carbamates (subject to hydrolysis) is 1. The lowest BCUT2D eigenvalue weighted by Gasteiger charge is -2.30. The fourth-order valence-corrected chi connectivity index (χ4v) is 1.81. The van der Waals surface area contributed by atoms with E-state index < -0.39 is 24.2 Å². The van der Waals surface area contributed by atoms with Crippen molar-refractivity contribution in [1.29, 1.82) is 0 Å². The van der Waals surface area contributed by atoms with E-state index in [4.69, 9.17) is 16.3 Å².